The van der Waals surface area contributed by atoms with Crippen molar-refractivity contribution in [3.05, 3.63) is 71.3 Å². The zero-order chi connectivity index (χ0) is 25.5. The molecule has 2 aromatic rings. The maximum Gasteiger partial charge on any atom is 0.236 e. The number of rotatable bonds is 7. The van der Waals surface area contributed by atoms with Gasteiger partial charge in [-0.1, -0.05) is 95.6 Å². The summed E-state index contributed by atoms with van der Waals surface area (Å²) in [4.78, 5) is 31.5. The molecule has 0 saturated carbocycles. The van der Waals surface area contributed by atoms with Gasteiger partial charge in [-0.3, -0.25) is 14.5 Å². The fourth-order valence-corrected chi connectivity index (χ4v) is 3.66. The van der Waals surface area contributed by atoms with Gasteiger partial charge in [0.15, 0.2) is 5.78 Å². The number of carbonyl (C=O) groups excluding carboxylic acids is 2. The average Bonchev–Trinajstić information content (AvgIpc) is 2.87. The highest BCUT2D eigenvalue weighted by atomic mass is 16.2. The van der Waals surface area contributed by atoms with Crippen molar-refractivity contribution in [2.75, 3.05) is 53.4 Å². The van der Waals surface area contributed by atoms with E-state index in [0.717, 1.165) is 31.7 Å². The first-order valence-electron chi connectivity index (χ1n) is 12.7. The van der Waals surface area contributed by atoms with Crippen LogP contribution in [0.4, 0.5) is 0 Å². The van der Waals surface area contributed by atoms with Crippen LogP contribution in [0.5, 0.6) is 0 Å². The fourth-order valence-electron chi connectivity index (χ4n) is 3.66. The number of ketones is 1. The molecule has 0 spiro atoms. The number of hydrogen-bond acceptors (Lipinski definition) is 4. The van der Waals surface area contributed by atoms with Crippen LogP contribution in [0.15, 0.2) is 54.6 Å². The van der Waals surface area contributed by atoms with Crippen molar-refractivity contribution in [3.8, 4) is 0 Å². The van der Waals surface area contributed by atoms with E-state index in [1.54, 1.807) is 0 Å². The lowest BCUT2D eigenvalue weighted by atomic mass is 9.96. The van der Waals surface area contributed by atoms with Crippen LogP contribution in [0.1, 0.15) is 69.9 Å². The molecule has 190 valence electrons. The van der Waals surface area contributed by atoms with Crippen molar-refractivity contribution in [3.63, 3.8) is 0 Å². The predicted octanol–water partition coefficient (Wildman–Crippen LogP) is 5.42. The van der Waals surface area contributed by atoms with Gasteiger partial charge in [0, 0.05) is 52.3 Å². The van der Waals surface area contributed by atoms with E-state index in [-0.39, 0.29) is 19.0 Å². The van der Waals surface area contributed by atoms with Gasteiger partial charge in [-0.05, 0) is 18.5 Å². The van der Waals surface area contributed by atoms with Gasteiger partial charge in [0.05, 0.1) is 6.54 Å². The number of benzene rings is 2. The zero-order valence-corrected chi connectivity index (χ0v) is 22.4. The Bertz CT molecular complexity index is 835. The van der Waals surface area contributed by atoms with Crippen LogP contribution in [0.2, 0.25) is 0 Å². The van der Waals surface area contributed by atoms with Crippen LogP contribution in [-0.4, -0.2) is 79.8 Å². The normalized spacial score (nSPS) is 14.7. The molecule has 0 aromatic heterocycles. The topological polar surface area (TPSA) is 43.9 Å². The van der Waals surface area contributed by atoms with E-state index < -0.39 is 0 Å². The molecule has 1 aliphatic rings. The number of piperazine rings is 1. The lowest BCUT2D eigenvalue weighted by Gasteiger charge is -2.33. The number of nitrogens with zero attached hydrogens (tertiary/aromatic N) is 3. The Morgan fingerprint density at radius 2 is 1.41 bits per heavy atom. The smallest absolute Gasteiger partial charge is 0.236 e. The molecule has 1 heterocycles. The Kier molecular flexibility index (Phi) is 14.1. The van der Waals surface area contributed by atoms with Crippen molar-refractivity contribution < 1.29 is 11.0 Å². The predicted molar refractivity (Wildman–Crippen MR) is 146 cm³/mol. The molecule has 1 unspecified atom stereocenters. The Morgan fingerprint density at radius 3 is 1.94 bits per heavy atom. The minimum Gasteiger partial charge on any atom is -0.344 e. The number of amides is 1. The van der Waals surface area contributed by atoms with Gasteiger partial charge in [-0.2, -0.15) is 0 Å². The molecule has 0 bridgehead atoms. The highest BCUT2D eigenvalue weighted by Gasteiger charge is 2.20. The van der Waals surface area contributed by atoms with E-state index in [4.69, 9.17) is 0 Å². The lowest BCUT2D eigenvalue weighted by Crippen LogP contribution is -2.48. The van der Waals surface area contributed by atoms with Crippen LogP contribution in [0.3, 0.4) is 0 Å². The molecule has 1 amide bonds. The first kappa shape index (κ1) is 29.5. The van der Waals surface area contributed by atoms with Gasteiger partial charge in [0.1, 0.15) is 0 Å². The summed E-state index contributed by atoms with van der Waals surface area (Å²) in [6, 6.07) is 17.1. The minimum atomic E-state index is 0. The Morgan fingerprint density at radius 1 is 0.912 bits per heavy atom. The standard InChI is InChI=1S/C24H31N3O2.C3H8.C2H6.H2/c1-19(17-26(3)23(28)18-27-15-13-25(2)14-16-27)20-9-11-22(12-10-20)24(29)21-7-5-4-6-8-21;1-3-2;1-2;/h4-12,19H,13-18H2,1-3H3;3H2,1-2H3;1-2H3;1H. The van der Waals surface area contributed by atoms with Crippen LogP contribution < -0.4 is 0 Å². The van der Waals surface area contributed by atoms with Gasteiger partial charge in [0.25, 0.3) is 0 Å². The van der Waals surface area contributed by atoms with Gasteiger partial charge in [-0.25, -0.2) is 0 Å². The third-order valence-corrected chi connectivity index (χ3v) is 5.71. The molecular weight excluding hydrogens is 422 g/mol. The van der Waals surface area contributed by atoms with Crippen LogP contribution >= 0.6 is 0 Å². The lowest BCUT2D eigenvalue weighted by molar-refractivity contribution is -0.131. The van der Waals surface area contributed by atoms with E-state index in [1.807, 2.05) is 80.4 Å². The molecule has 1 saturated heterocycles. The zero-order valence-electron chi connectivity index (χ0n) is 22.4. The molecule has 2 aromatic carbocycles. The fraction of sp³-hybridized carbons (Fsp3) is 0.517. The largest absolute Gasteiger partial charge is 0.344 e. The third kappa shape index (κ3) is 9.78. The van der Waals surface area contributed by atoms with Crippen molar-refractivity contribution in [1.29, 1.82) is 0 Å². The first-order valence-corrected chi connectivity index (χ1v) is 12.7. The maximum atomic E-state index is 12.6. The van der Waals surface area contributed by atoms with E-state index in [1.165, 1.54) is 6.42 Å². The molecule has 5 heteroatoms. The van der Waals surface area contributed by atoms with Gasteiger partial charge < -0.3 is 9.80 Å². The van der Waals surface area contributed by atoms with Gasteiger partial charge >= 0.3 is 0 Å². The van der Waals surface area contributed by atoms with E-state index in [0.29, 0.717) is 24.2 Å². The van der Waals surface area contributed by atoms with Crippen molar-refractivity contribution >= 4 is 11.7 Å². The average molecular weight is 470 g/mol. The molecule has 0 aliphatic carbocycles. The second-order valence-electron chi connectivity index (χ2n) is 8.78. The molecule has 3 rings (SSSR count). The minimum absolute atomic E-state index is 0. The molecular formula is C29H47N3O2. The SMILES string of the molecule is CC.CC(CN(C)C(=O)CN1CCN(C)CC1)c1ccc(C(=O)c2ccccc2)cc1.CCC.[HH]. The second kappa shape index (κ2) is 16.2. The quantitative estimate of drug-likeness (QED) is 0.508. The molecule has 5 nitrogen and oxygen atoms in total. The summed E-state index contributed by atoms with van der Waals surface area (Å²) in [7, 11) is 3.99. The Balaban J connectivity index is 0.00000179. The number of likely N-dealkylation sites (N-methyl/N-ethyl adjacent to an activating group) is 2. The summed E-state index contributed by atoms with van der Waals surface area (Å²) in [5.74, 6) is 0.402. The second-order valence-corrected chi connectivity index (χ2v) is 8.78. The number of carbonyl (C=O) groups is 2. The van der Waals surface area contributed by atoms with Gasteiger partial charge in [-0.15, -0.1) is 0 Å². The third-order valence-electron chi connectivity index (χ3n) is 5.71. The number of hydrogen-bond donors (Lipinski definition) is 0. The summed E-state index contributed by atoms with van der Waals surface area (Å²) < 4.78 is 0. The van der Waals surface area contributed by atoms with E-state index >= 15 is 0 Å². The summed E-state index contributed by atoms with van der Waals surface area (Å²) in [5, 5.41) is 0. The highest BCUT2D eigenvalue weighted by molar-refractivity contribution is 6.08. The van der Waals surface area contributed by atoms with E-state index in [2.05, 4.69) is 37.6 Å². The monoisotopic (exact) mass is 469 g/mol. The molecule has 34 heavy (non-hydrogen) atoms. The summed E-state index contributed by atoms with van der Waals surface area (Å²) in [6.07, 6.45) is 1.25. The van der Waals surface area contributed by atoms with Crippen LogP contribution in [-0.2, 0) is 4.79 Å². The summed E-state index contributed by atoms with van der Waals surface area (Å²) >= 11 is 0. The molecule has 0 N–H and O–H groups in total. The maximum absolute atomic E-state index is 12.6. The highest BCUT2D eigenvalue weighted by Crippen LogP contribution is 2.19. The molecule has 0 radical (unpaired) electrons. The van der Waals surface area contributed by atoms with Crippen LogP contribution in [0.25, 0.3) is 0 Å². The van der Waals surface area contributed by atoms with Gasteiger partial charge in [0.2, 0.25) is 5.91 Å². The first-order chi connectivity index (χ1) is 16.3. The Hall–Kier alpha value is -2.50. The van der Waals surface area contributed by atoms with Crippen LogP contribution in [0, 0.1) is 0 Å². The summed E-state index contributed by atoms with van der Waals surface area (Å²) in [6.45, 7) is 15.4. The molecule has 1 aliphatic heterocycles. The van der Waals surface area contributed by atoms with E-state index in [9.17, 15) is 9.59 Å². The molecule has 1 fully saturated rings. The Labute approximate surface area is 209 Å². The summed E-state index contributed by atoms with van der Waals surface area (Å²) in [5.41, 5.74) is 2.52. The van der Waals surface area contributed by atoms with Crippen molar-refractivity contribution in [2.45, 2.75) is 47.0 Å². The van der Waals surface area contributed by atoms with Crippen molar-refractivity contribution in [2.24, 2.45) is 0 Å². The molecule has 1 atom stereocenters. The van der Waals surface area contributed by atoms with Crippen molar-refractivity contribution in [1.82, 2.24) is 14.7 Å².